The molecule has 1 saturated heterocycles. The number of aliphatic hydroxyl groups excluding tert-OH is 1. The lowest BCUT2D eigenvalue weighted by molar-refractivity contribution is 0.0431. The average Bonchev–Trinajstić information content (AvgIpc) is 2.70. The first-order valence-electron chi connectivity index (χ1n) is 5.20. The van der Waals surface area contributed by atoms with E-state index < -0.39 is 29.7 Å². The normalized spacial score (nSPS) is 19.5. The Morgan fingerprint density at radius 1 is 1.41 bits per heavy atom. The Bertz CT molecular complexity index is 418. The summed E-state index contributed by atoms with van der Waals surface area (Å²) in [5, 5.41) is 9.41. The number of nitrogens with zero attached hydrogens (tertiary/aromatic N) is 1. The second-order valence-corrected chi connectivity index (χ2v) is 3.73. The first kappa shape index (κ1) is 11.8. The zero-order valence-corrected chi connectivity index (χ0v) is 8.90. The maximum Gasteiger partial charge on any atom is 0.417 e. The van der Waals surface area contributed by atoms with Gasteiger partial charge in [-0.25, -0.2) is 13.6 Å². The summed E-state index contributed by atoms with van der Waals surface area (Å²) in [5.74, 6) is -2.64. The fourth-order valence-electron chi connectivity index (χ4n) is 1.69. The first-order valence-corrected chi connectivity index (χ1v) is 5.20. The van der Waals surface area contributed by atoms with E-state index in [0.29, 0.717) is 19.4 Å². The Morgan fingerprint density at radius 2 is 2.06 bits per heavy atom. The zero-order chi connectivity index (χ0) is 12.4. The highest BCUT2D eigenvalue weighted by molar-refractivity contribution is 5.71. The van der Waals surface area contributed by atoms with Crippen molar-refractivity contribution in [3.05, 3.63) is 29.8 Å². The molecule has 1 N–H and O–H groups in total. The lowest BCUT2D eigenvalue weighted by atomic mass is 10.3. The van der Waals surface area contributed by atoms with Crippen molar-refractivity contribution in [3.63, 3.8) is 0 Å². The van der Waals surface area contributed by atoms with Gasteiger partial charge in [-0.3, -0.25) is 4.90 Å². The van der Waals surface area contributed by atoms with Crippen LogP contribution in [0.25, 0.3) is 0 Å². The lowest BCUT2D eigenvalue weighted by Crippen LogP contribution is -2.37. The molecule has 1 aromatic carbocycles. The van der Waals surface area contributed by atoms with Gasteiger partial charge in [0.15, 0.2) is 11.6 Å². The van der Waals surface area contributed by atoms with Gasteiger partial charge in [0.25, 0.3) is 0 Å². The molecule has 0 radical (unpaired) electrons. The van der Waals surface area contributed by atoms with E-state index in [-0.39, 0.29) is 0 Å². The Morgan fingerprint density at radius 3 is 2.59 bits per heavy atom. The standard InChI is InChI=1S/C11H11F2NO3/c12-7-3-1-4-8(13)10(7)17-11(16)14-6-2-5-9(14)15/h1,3-4,9,15H,2,5-6H2. The topological polar surface area (TPSA) is 49.8 Å². The minimum absolute atomic E-state index is 0.316. The number of likely N-dealkylation sites (tertiary alicyclic amines) is 1. The number of para-hydroxylation sites is 1. The summed E-state index contributed by atoms with van der Waals surface area (Å²) in [4.78, 5) is 12.6. The van der Waals surface area contributed by atoms with Crippen molar-refractivity contribution in [2.45, 2.75) is 19.1 Å². The van der Waals surface area contributed by atoms with Gasteiger partial charge in [0.1, 0.15) is 6.23 Å². The number of halogens is 2. The number of carbonyl (C=O) groups is 1. The molecule has 6 heteroatoms. The molecule has 0 saturated carbocycles. The minimum Gasteiger partial charge on any atom is -0.404 e. The third-order valence-electron chi connectivity index (χ3n) is 2.56. The van der Waals surface area contributed by atoms with Gasteiger partial charge in [0.2, 0.25) is 5.75 Å². The Kier molecular flexibility index (Phi) is 3.23. The van der Waals surface area contributed by atoms with Gasteiger partial charge in [0, 0.05) is 6.54 Å². The Hall–Kier alpha value is -1.69. The fourth-order valence-corrected chi connectivity index (χ4v) is 1.69. The van der Waals surface area contributed by atoms with Gasteiger partial charge in [-0.05, 0) is 25.0 Å². The summed E-state index contributed by atoms with van der Waals surface area (Å²) in [6.07, 6.45) is -0.818. The van der Waals surface area contributed by atoms with Crippen molar-refractivity contribution >= 4 is 6.09 Å². The number of benzene rings is 1. The van der Waals surface area contributed by atoms with Gasteiger partial charge in [0.05, 0.1) is 0 Å². The second-order valence-electron chi connectivity index (χ2n) is 3.73. The zero-order valence-electron chi connectivity index (χ0n) is 8.90. The molecule has 1 aliphatic rings. The first-order chi connectivity index (χ1) is 8.09. The van der Waals surface area contributed by atoms with Crippen molar-refractivity contribution in [3.8, 4) is 5.75 Å². The number of ether oxygens (including phenoxy) is 1. The molecule has 1 fully saturated rings. The minimum atomic E-state index is -0.952. The van der Waals surface area contributed by atoms with Gasteiger partial charge in [-0.15, -0.1) is 0 Å². The van der Waals surface area contributed by atoms with Crippen LogP contribution in [0.5, 0.6) is 5.75 Å². The molecule has 17 heavy (non-hydrogen) atoms. The lowest BCUT2D eigenvalue weighted by Gasteiger charge is -2.19. The van der Waals surface area contributed by atoms with Crippen molar-refractivity contribution < 1.29 is 23.4 Å². The average molecular weight is 243 g/mol. The van der Waals surface area contributed by atoms with Gasteiger partial charge in [-0.2, -0.15) is 0 Å². The number of hydrogen-bond acceptors (Lipinski definition) is 3. The van der Waals surface area contributed by atoms with Crippen molar-refractivity contribution in [2.24, 2.45) is 0 Å². The molecule has 1 aromatic rings. The van der Waals surface area contributed by atoms with E-state index in [9.17, 15) is 18.7 Å². The molecule has 1 atom stereocenters. The number of hydrogen-bond donors (Lipinski definition) is 1. The third-order valence-corrected chi connectivity index (χ3v) is 2.56. The highest BCUT2D eigenvalue weighted by Crippen LogP contribution is 2.23. The summed E-state index contributed by atoms with van der Waals surface area (Å²) in [5.41, 5.74) is 0. The van der Waals surface area contributed by atoms with Crippen molar-refractivity contribution in [2.75, 3.05) is 6.54 Å². The van der Waals surface area contributed by atoms with Crippen LogP contribution >= 0.6 is 0 Å². The van der Waals surface area contributed by atoms with Crippen LogP contribution in [0.1, 0.15) is 12.8 Å². The van der Waals surface area contributed by atoms with E-state index in [1.807, 2.05) is 0 Å². The van der Waals surface area contributed by atoms with Gasteiger partial charge < -0.3 is 9.84 Å². The third kappa shape index (κ3) is 2.36. The van der Waals surface area contributed by atoms with E-state index in [1.54, 1.807) is 0 Å². The van der Waals surface area contributed by atoms with E-state index in [1.165, 1.54) is 6.07 Å². The van der Waals surface area contributed by atoms with Crippen LogP contribution in [0, 0.1) is 11.6 Å². The van der Waals surface area contributed by atoms with Crippen molar-refractivity contribution in [1.29, 1.82) is 0 Å². The monoisotopic (exact) mass is 243 g/mol. The summed E-state index contributed by atoms with van der Waals surface area (Å²) < 4.78 is 31.0. The summed E-state index contributed by atoms with van der Waals surface area (Å²) in [6.45, 7) is 0.316. The fraction of sp³-hybridized carbons (Fsp3) is 0.364. The molecular formula is C11H11F2NO3. The molecule has 1 unspecified atom stereocenters. The van der Waals surface area contributed by atoms with E-state index in [0.717, 1.165) is 17.0 Å². The van der Waals surface area contributed by atoms with Crippen LogP contribution in [0.3, 0.4) is 0 Å². The molecule has 1 heterocycles. The van der Waals surface area contributed by atoms with Crippen LogP contribution in [0.2, 0.25) is 0 Å². The molecule has 1 amide bonds. The SMILES string of the molecule is O=C(Oc1c(F)cccc1F)N1CCCC1O. The molecule has 0 aliphatic carbocycles. The maximum atomic E-state index is 13.2. The summed E-state index contributed by atoms with van der Waals surface area (Å²) >= 11 is 0. The van der Waals surface area contributed by atoms with E-state index in [2.05, 4.69) is 4.74 Å². The largest absolute Gasteiger partial charge is 0.417 e. The molecule has 0 spiro atoms. The smallest absolute Gasteiger partial charge is 0.404 e. The number of amides is 1. The van der Waals surface area contributed by atoms with Gasteiger partial charge >= 0.3 is 6.09 Å². The molecule has 4 nitrogen and oxygen atoms in total. The van der Waals surface area contributed by atoms with Crippen LogP contribution in [-0.2, 0) is 0 Å². The Balaban J connectivity index is 2.13. The summed E-state index contributed by atoms with van der Waals surface area (Å²) in [6, 6.07) is 3.16. The predicted octanol–water partition coefficient (Wildman–Crippen LogP) is 1.88. The van der Waals surface area contributed by atoms with E-state index in [4.69, 9.17) is 0 Å². The van der Waals surface area contributed by atoms with Gasteiger partial charge in [-0.1, -0.05) is 6.07 Å². The number of carbonyl (C=O) groups excluding carboxylic acids is 1. The molecular weight excluding hydrogens is 232 g/mol. The highest BCUT2D eigenvalue weighted by Gasteiger charge is 2.29. The number of aliphatic hydroxyl groups is 1. The quantitative estimate of drug-likeness (QED) is 0.819. The van der Waals surface area contributed by atoms with Crippen LogP contribution < -0.4 is 4.74 Å². The second kappa shape index (κ2) is 4.67. The maximum absolute atomic E-state index is 13.2. The van der Waals surface area contributed by atoms with Crippen LogP contribution in [-0.4, -0.2) is 28.9 Å². The van der Waals surface area contributed by atoms with Crippen LogP contribution in [0.4, 0.5) is 13.6 Å². The number of rotatable bonds is 1. The highest BCUT2D eigenvalue weighted by atomic mass is 19.1. The Labute approximate surface area is 96.4 Å². The van der Waals surface area contributed by atoms with E-state index >= 15 is 0 Å². The molecule has 92 valence electrons. The van der Waals surface area contributed by atoms with Crippen molar-refractivity contribution in [1.82, 2.24) is 4.90 Å². The summed E-state index contributed by atoms with van der Waals surface area (Å²) in [7, 11) is 0. The predicted molar refractivity (Wildman–Crippen MR) is 54.3 cm³/mol. The molecule has 2 rings (SSSR count). The molecule has 0 aromatic heterocycles. The molecule has 0 bridgehead atoms. The molecule has 1 aliphatic heterocycles. The van der Waals surface area contributed by atoms with Crippen LogP contribution in [0.15, 0.2) is 18.2 Å².